The summed E-state index contributed by atoms with van der Waals surface area (Å²) in [5.41, 5.74) is 0. The van der Waals surface area contributed by atoms with E-state index in [0.29, 0.717) is 6.42 Å². The molecule has 0 unspecified atom stereocenters. The number of hydrogen-bond acceptors (Lipinski definition) is 3. The highest BCUT2D eigenvalue weighted by Gasteiger charge is 2.29. The average Bonchev–Trinajstić information content (AvgIpc) is 2.43. The Kier molecular flexibility index (Phi) is 8.96. The summed E-state index contributed by atoms with van der Waals surface area (Å²) in [4.78, 5) is 25.0. The molecule has 20 heavy (non-hydrogen) atoms. The minimum atomic E-state index is -1.03. The smallest absolute Gasteiger partial charge is 0.326 e. The molecule has 0 aliphatic heterocycles. The van der Waals surface area contributed by atoms with E-state index >= 15 is 0 Å². The van der Waals surface area contributed by atoms with Crippen molar-refractivity contribution in [2.45, 2.75) is 59.0 Å². The molecule has 0 aromatic carbocycles. The van der Waals surface area contributed by atoms with E-state index in [1.165, 1.54) is 4.90 Å². The Morgan fingerprint density at radius 2 is 1.70 bits per heavy atom. The van der Waals surface area contributed by atoms with Crippen LogP contribution in [0, 0.1) is 5.92 Å². The van der Waals surface area contributed by atoms with E-state index in [1.807, 2.05) is 20.8 Å². The topological polar surface area (TPSA) is 89.9 Å². The minimum Gasteiger partial charge on any atom is -0.480 e. The van der Waals surface area contributed by atoms with E-state index in [0.717, 1.165) is 12.8 Å². The first-order chi connectivity index (χ1) is 9.42. The van der Waals surface area contributed by atoms with Crippen LogP contribution >= 0.6 is 0 Å². The van der Waals surface area contributed by atoms with Gasteiger partial charge in [-0.3, -0.25) is 0 Å². The van der Waals surface area contributed by atoms with Crippen LogP contribution in [0.1, 0.15) is 47.0 Å². The second-order valence-corrected chi connectivity index (χ2v) is 5.04. The Morgan fingerprint density at radius 3 is 2.05 bits per heavy atom. The van der Waals surface area contributed by atoms with Crippen molar-refractivity contribution in [3.8, 4) is 0 Å². The van der Waals surface area contributed by atoms with Crippen molar-refractivity contribution in [1.82, 2.24) is 10.2 Å². The Bertz CT molecular complexity index is 306. The highest BCUT2D eigenvalue weighted by atomic mass is 16.4. The number of rotatable bonds is 9. The lowest BCUT2D eigenvalue weighted by Crippen LogP contribution is -2.53. The van der Waals surface area contributed by atoms with Crippen LogP contribution in [0.25, 0.3) is 0 Å². The fraction of sp³-hybridized carbons (Fsp3) is 0.857. The summed E-state index contributed by atoms with van der Waals surface area (Å²) in [7, 11) is 0. The van der Waals surface area contributed by atoms with Crippen molar-refractivity contribution in [3.05, 3.63) is 0 Å². The molecule has 118 valence electrons. The first kappa shape index (κ1) is 18.7. The van der Waals surface area contributed by atoms with Gasteiger partial charge in [-0.25, -0.2) is 9.59 Å². The van der Waals surface area contributed by atoms with Crippen LogP contribution in [0.3, 0.4) is 0 Å². The molecule has 0 saturated carbocycles. The van der Waals surface area contributed by atoms with Gasteiger partial charge < -0.3 is 20.4 Å². The average molecular weight is 288 g/mol. The number of aliphatic hydroxyl groups excluding tert-OH is 1. The molecule has 0 aromatic heterocycles. The number of urea groups is 1. The minimum absolute atomic E-state index is 0.00790. The number of hydrogen-bond donors (Lipinski definition) is 3. The summed E-state index contributed by atoms with van der Waals surface area (Å²) < 4.78 is 0. The number of nitrogens with zero attached hydrogens (tertiary/aromatic N) is 1. The van der Waals surface area contributed by atoms with Gasteiger partial charge in [-0.15, -0.1) is 0 Å². The first-order valence-corrected chi connectivity index (χ1v) is 7.33. The quantitative estimate of drug-likeness (QED) is 0.602. The molecule has 0 spiro atoms. The van der Waals surface area contributed by atoms with Crippen molar-refractivity contribution in [1.29, 1.82) is 0 Å². The zero-order valence-electron chi connectivity index (χ0n) is 12.9. The molecule has 0 aromatic rings. The lowest BCUT2D eigenvalue weighted by Gasteiger charge is -2.32. The Labute approximate surface area is 121 Å². The lowest BCUT2D eigenvalue weighted by atomic mass is 9.99. The van der Waals surface area contributed by atoms with Gasteiger partial charge in [-0.1, -0.05) is 34.1 Å². The van der Waals surface area contributed by atoms with Crippen molar-refractivity contribution in [3.63, 3.8) is 0 Å². The molecule has 0 fully saturated rings. The molecule has 0 aliphatic carbocycles. The number of carboxylic acid groups (broad SMARTS) is 1. The van der Waals surface area contributed by atoms with E-state index < -0.39 is 18.0 Å². The van der Waals surface area contributed by atoms with Gasteiger partial charge in [0.2, 0.25) is 0 Å². The number of aliphatic hydroxyl groups is 1. The van der Waals surface area contributed by atoms with Crippen molar-refractivity contribution in [2.75, 3.05) is 13.2 Å². The maximum atomic E-state index is 12.3. The molecule has 0 rings (SSSR count). The second-order valence-electron chi connectivity index (χ2n) is 5.04. The molecule has 3 N–H and O–H groups in total. The van der Waals surface area contributed by atoms with E-state index in [1.54, 1.807) is 6.92 Å². The molecule has 0 saturated heterocycles. The summed E-state index contributed by atoms with van der Waals surface area (Å²) in [5, 5.41) is 20.9. The fourth-order valence-electron chi connectivity index (χ4n) is 2.19. The van der Waals surface area contributed by atoms with E-state index in [-0.39, 0.29) is 25.1 Å². The van der Waals surface area contributed by atoms with Gasteiger partial charge in [0.25, 0.3) is 0 Å². The predicted molar refractivity (Wildman–Crippen MR) is 77.6 cm³/mol. The molecule has 0 radical (unpaired) electrons. The molecular weight excluding hydrogens is 260 g/mol. The van der Waals surface area contributed by atoms with Crippen LogP contribution in [0.15, 0.2) is 0 Å². The van der Waals surface area contributed by atoms with E-state index in [2.05, 4.69) is 5.32 Å². The molecule has 6 heteroatoms. The first-order valence-electron chi connectivity index (χ1n) is 7.33. The molecule has 0 aliphatic rings. The van der Waals surface area contributed by atoms with Crippen LogP contribution in [0.5, 0.6) is 0 Å². The van der Waals surface area contributed by atoms with Gasteiger partial charge in [0, 0.05) is 12.6 Å². The van der Waals surface area contributed by atoms with Crippen LogP contribution in [-0.4, -0.2) is 52.3 Å². The number of carbonyl (C=O) groups is 2. The SMILES string of the molecule is CCC(CC)N(CCO)C(=O)N[C@H](C(=O)O)[C@@H](C)CC. The number of nitrogens with one attached hydrogen (secondary N) is 1. The van der Waals surface area contributed by atoms with Gasteiger partial charge in [0.05, 0.1) is 6.61 Å². The van der Waals surface area contributed by atoms with E-state index in [4.69, 9.17) is 5.11 Å². The third kappa shape index (κ3) is 5.36. The molecule has 2 amide bonds. The Hall–Kier alpha value is -1.30. The van der Waals surface area contributed by atoms with Crippen molar-refractivity contribution >= 4 is 12.0 Å². The second kappa shape index (κ2) is 9.58. The summed E-state index contributed by atoms with van der Waals surface area (Å²) in [5.74, 6) is -1.17. The lowest BCUT2D eigenvalue weighted by molar-refractivity contribution is -0.140. The summed E-state index contributed by atoms with van der Waals surface area (Å²) in [6.45, 7) is 7.70. The zero-order chi connectivity index (χ0) is 15.7. The number of carbonyl (C=O) groups excluding carboxylic acids is 1. The molecular formula is C14H28N2O4. The van der Waals surface area contributed by atoms with Crippen LogP contribution < -0.4 is 5.32 Å². The third-order valence-corrected chi connectivity index (χ3v) is 3.74. The normalized spacial score (nSPS) is 13.9. The van der Waals surface area contributed by atoms with Crippen LogP contribution in [0.2, 0.25) is 0 Å². The maximum Gasteiger partial charge on any atom is 0.326 e. The largest absolute Gasteiger partial charge is 0.480 e. The standard InChI is InChI=1S/C14H28N2O4/c1-5-10(4)12(13(18)19)15-14(20)16(8-9-17)11(6-2)7-3/h10-12,17H,5-9H2,1-4H3,(H,15,20)(H,18,19)/t10-,12-/m0/s1. The fourth-order valence-corrected chi connectivity index (χ4v) is 2.19. The predicted octanol–water partition coefficient (Wildman–Crippen LogP) is 1.68. The van der Waals surface area contributed by atoms with Gasteiger partial charge in [-0.2, -0.15) is 0 Å². The highest BCUT2D eigenvalue weighted by molar-refractivity contribution is 5.83. The van der Waals surface area contributed by atoms with Crippen LogP contribution in [0.4, 0.5) is 4.79 Å². The zero-order valence-corrected chi connectivity index (χ0v) is 12.9. The highest BCUT2D eigenvalue weighted by Crippen LogP contribution is 2.12. The monoisotopic (exact) mass is 288 g/mol. The number of carboxylic acids is 1. The summed E-state index contributed by atoms with van der Waals surface area (Å²) >= 11 is 0. The van der Waals surface area contributed by atoms with Crippen molar-refractivity contribution < 1.29 is 19.8 Å². The van der Waals surface area contributed by atoms with Gasteiger partial charge in [0.15, 0.2) is 0 Å². The summed E-state index contributed by atoms with van der Waals surface area (Å²) in [6, 6.07) is -1.31. The van der Waals surface area contributed by atoms with Gasteiger partial charge >= 0.3 is 12.0 Å². The molecule has 2 atom stereocenters. The Balaban J connectivity index is 4.92. The molecule has 0 heterocycles. The number of aliphatic carboxylic acids is 1. The van der Waals surface area contributed by atoms with E-state index in [9.17, 15) is 14.7 Å². The molecule has 0 bridgehead atoms. The van der Waals surface area contributed by atoms with Gasteiger partial charge in [-0.05, 0) is 18.8 Å². The Morgan fingerprint density at radius 1 is 1.15 bits per heavy atom. The third-order valence-electron chi connectivity index (χ3n) is 3.74. The molecule has 6 nitrogen and oxygen atoms in total. The van der Waals surface area contributed by atoms with Crippen LogP contribution in [-0.2, 0) is 4.79 Å². The maximum absolute atomic E-state index is 12.3. The van der Waals surface area contributed by atoms with Crippen molar-refractivity contribution in [2.24, 2.45) is 5.92 Å². The van der Waals surface area contributed by atoms with Gasteiger partial charge in [0.1, 0.15) is 6.04 Å². The summed E-state index contributed by atoms with van der Waals surface area (Å²) in [6.07, 6.45) is 2.21. The number of amides is 2.